The number of rotatable bonds is 5. The van der Waals surface area contributed by atoms with E-state index in [2.05, 4.69) is 16.6 Å². The largest absolute Gasteiger partial charge is 0.416 e. The van der Waals surface area contributed by atoms with Crippen LogP contribution in [-0.4, -0.2) is 27.7 Å². The van der Waals surface area contributed by atoms with Gasteiger partial charge in [0.15, 0.2) is 0 Å². The number of benzene rings is 1. The average molecular weight is 447 g/mol. The van der Waals surface area contributed by atoms with Gasteiger partial charge in [-0.1, -0.05) is 12.0 Å². The number of alkyl halides is 3. The van der Waals surface area contributed by atoms with Crippen LogP contribution in [0.25, 0.3) is 0 Å². The number of hydrogen-bond acceptors (Lipinski definition) is 3. The van der Waals surface area contributed by atoms with Crippen molar-refractivity contribution in [2.45, 2.75) is 46.3 Å². The minimum Gasteiger partial charge on any atom is -0.343 e. The van der Waals surface area contributed by atoms with E-state index in [1.54, 1.807) is 20.8 Å². The van der Waals surface area contributed by atoms with Gasteiger partial charge in [-0.2, -0.15) is 13.2 Å². The first-order valence-corrected chi connectivity index (χ1v) is 9.60. The molecular weight excluding hydrogens is 423 g/mol. The van der Waals surface area contributed by atoms with Gasteiger partial charge in [0.05, 0.1) is 16.7 Å². The highest BCUT2D eigenvalue weighted by Gasteiger charge is 2.33. The van der Waals surface area contributed by atoms with E-state index in [4.69, 9.17) is 6.42 Å². The summed E-state index contributed by atoms with van der Waals surface area (Å²) in [4.78, 5) is 38.0. The van der Waals surface area contributed by atoms with Crippen LogP contribution in [0.1, 0.15) is 57.1 Å². The Morgan fingerprint density at radius 1 is 1.09 bits per heavy atom. The van der Waals surface area contributed by atoms with E-state index in [1.165, 1.54) is 37.6 Å². The van der Waals surface area contributed by atoms with Crippen molar-refractivity contribution in [2.75, 3.05) is 5.32 Å². The molecule has 0 fully saturated rings. The third-order valence-electron chi connectivity index (χ3n) is 5.17. The second-order valence-electron chi connectivity index (χ2n) is 8.03. The molecule has 0 saturated carbocycles. The van der Waals surface area contributed by atoms with Crippen LogP contribution in [-0.2, 0) is 18.0 Å². The maximum Gasteiger partial charge on any atom is 0.416 e. The van der Waals surface area contributed by atoms with E-state index < -0.39 is 34.9 Å². The molecule has 0 radical (unpaired) electrons. The molecule has 6 nitrogen and oxygen atoms in total. The minimum absolute atomic E-state index is 0.0233. The Bertz CT molecular complexity index is 1150. The van der Waals surface area contributed by atoms with Gasteiger partial charge >= 0.3 is 6.18 Å². The van der Waals surface area contributed by atoms with Gasteiger partial charge < -0.3 is 15.2 Å². The zero-order valence-corrected chi connectivity index (χ0v) is 18.6. The second kappa shape index (κ2) is 8.54. The van der Waals surface area contributed by atoms with Crippen LogP contribution >= 0.6 is 0 Å². The van der Waals surface area contributed by atoms with E-state index in [-0.39, 0.29) is 28.1 Å². The van der Waals surface area contributed by atoms with Crippen molar-refractivity contribution in [3.63, 3.8) is 0 Å². The smallest absolute Gasteiger partial charge is 0.343 e. The van der Waals surface area contributed by atoms with Crippen LogP contribution in [0.2, 0.25) is 0 Å². The summed E-state index contributed by atoms with van der Waals surface area (Å²) in [6.45, 7) is 7.48. The number of carbonyl (C=O) groups is 3. The highest BCUT2D eigenvalue weighted by atomic mass is 19.4. The molecule has 0 aliphatic heterocycles. The number of nitrogens with zero attached hydrogens (tertiary/aromatic N) is 1. The summed E-state index contributed by atoms with van der Waals surface area (Å²) < 4.78 is 40.9. The Kier molecular flexibility index (Phi) is 6.60. The zero-order chi connectivity index (χ0) is 24.6. The molecule has 32 heavy (non-hydrogen) atoms. The topological polar surface area (TPSA) is 80.2 Å². The number of terminal acetylenes is 1. The number of halogens is 3. The SMILES string of the molecule is C#CC(C)(C)NC(=O)C(=O)c1c(C)c(C(=O)Nc2ccc(C)c(C(F)(F)F)c2)n(C)c1C. The zero-order valence-electron chi connectivity index (χ0n) is 18.6. The molecule has 0 aliphatic rings. The van der Waals surface area contributed by atoms with Gasteiger partial charge in [-0.05, 0) is 57.9 Å². The van der Waals surface area contributed by atoms with Gasteiger partial charge in [0, 0.05) is 18.4 Å². The van der Waals surface area contributed by atoms with Crippen molar-refractivity contribution < 1.29 is 27.6 Å². The minimum atomic E-state index is -4.57. The molecule has 0 unspecified atom stereocenters. The molecule has 1 heterocycles. The molecule has 2 amide bonds. The molecule has 0 atom stereocenters. The average Bonchev–Trinajstić information content (AvgIpc) is 2.90. The molecule has 0 aliphatic carbocycles. The predicted molar refractivity (Wildman–Crippen MR) is 114 cm³/mol. The van der Waals surface area contributed by atoms with Crippen molar-refractivity contribution in [2.24, 2.45) is 7.05 Å². The van der Waals surface area contributed by atoms with Crippen LogP contribution in [0.3, 0.4) is 0 Å². The normalized spacial score (nSPS) is 11.6. The summed E-state index contributed by atoms with van der Waals surface area (Å²) in [5.41, 5.74) is -1.28. The van der Waals surface area contributed by atoms with Crippen molar-refractivity contribution >= 4 is 23.3 Å². The lowest BCUT2D eigenvalue weighted by molar-refractivity contribution is -0.138. The third-order valence-corrected chi connectivity index (χ3v) is 5.17. The lowest BCUT2D eigenvalue weighted by Crippen LogP contribution is -2.45. The standard InChI is InChI=1S/C23H24F3N3O3/c1-8-22(5,6)28-21(32)19(30)17-13(3)18(29(7)14(17)4)20(31)27-15-10-9-12(2)16(11-15)23(24,25)26/h1,9-11H,2-7H3,(H,27,31)(H,28,32). The van der Waals surface area contributed by atoms with Crippen molar-refractivity contribution in [1.29, 1.82) is 0 Å². The number of aryl methyl sites for hydroxylation is 1. The van der Waals surface area contributed by atoms with E-state index in [1.807, 2.05) is 0 Å². The first-order chi connectivity index (χ1) is 14.6. The van der Waals surface area contributed by atoms with Crippen molar-refractivity contribution in [3.05, 3.63) is 51.8 Å². The van der Waals surface area contributed by atoms with Gasteiger partial charge in [-0.3, -0.25) is 14.4 Å². The molecule has 1 aromatic heterocycles. The van der Waals surface area contributed by atoms with Crippen molar-refractivity contribution in [3.8, 4) is 12.3 Å². The van der Waals surface area contributed by atoms with Crippen LogP contribution in [0, 0.1) is 33.1 Å². The fourth-order valence-corrected chi connectivity index (χ4v) is 3.32. The summed E-state index contributed by atoms with van der Waals surface area (Å²) in [6, 6.07) is 3.46. The number of ketones is 1. The number of anilines is 1. The molecule has 0 spiro atoms. The highest BCUT2D eigenvalue weighted by molar-refractivity contribution is 6.43. The number of carbonyl (C=O) groups excluding carboxylic acids is 3. The molecule has 0 saturated heterocycles. The highest BCUT2D eigenvalue weighted by Crippen LogP contribution is 2.33. The fourth-order valence-electron chi connectivity index (χ4n) is 3.32. The number of amides is 2. The van der Waals surface area contributed by atoms with Gasteiger partial charge in [0.2, 0.25) is 0 Å². The van der Waals surface area contributed by atoms with Crippen LogP contribution in [0.4, 0.5) is 18.9 Å². The fraction of sp³-hybridized carbons (Fsp3) is 0.348. The van der Waals surface area contributed by atoms with Gasteiger partial charge in [-0.25, -0.2) is 0 Å². The molecule has 0 bridgehead atoms. The molecule has 170 valence electrons. The monoisotopic (exact) mass is 447 g/mol. The van der Waals surface area contributed by atoms with E-state index in [0.717, 1.165) is 6.07 Å². The van der Waals surface area contributed by atoms with Crippen LogP contribution in [0.5, 0.6) is 0 Å². The lowest BCUT2D eigenvalue weighted by Gasteiger charge is -2.18. The number of hydrogen-bond donors (Lipinski definition) is 2. The van der Waals surface area contributed by atoms with Crippen LogP contribution < -0.4 is 10.6 Å². The lowest BCUT2D eigenvalue weighted by atomic mass is 10.0. The molecular formula is C23H24F3N3O3. The van der Waals surface area contributed by atoms with E-state index in [0.29, 0.717) is 5.69 Å². The summed E-state index contributed by atoms with van der Waals surface area (Å²) in [5, 5.41) is 4.88. The predicted octanol–water partition coefficient (Wildman–Crippen LogP) is 3.93. The molecule has 9 heteroatoms. The van der Waals surface area contributed by atoms with Gasteiger partial charge in [-0.15, -0.1) is 6.42 Å². The Morgan fingerprint density at radius 2 is 1.69 bits per heavy atom. The van der Waals surface area contributed by atoms with Crippen LogP contribution in [0.15, 0.2) is 18.2 Å². The van der Waals surface area contributed by atoms with Gasteiger partial charge in [0.25, 0.3) is 17.6 Å². The molecule has 1 aromatic carbocycles. The first kappa shape index (κ1) is 24.7. The van der Waals surface area contributed by atoms with E-state index >= 15 is 0 Å². The van der Waals surface area contributed by atoms with Gasteiger partial charge in [0.1, 0.15) is 5.69 Å². The summed E-state index contributed by atoms with van der Waals surface area (Å²) >= 11 is 0. The Morgan fingerprint density at radius 3 is 2.22 bits per heavy atom. The summed E-state index contributed by atoms with van der Waals surface area (Å²) in [5.74, 6) is -0.153. The molecule has 2 N–H and O–H groups in total. The maximum atomic E-state index is 13.2. The van der Waals surface area contributed by atoms with E-state index in [9.17, 15) is 27.6 Å². The number of aromatic nitrogens is 1. The Labute approximate surface area is 184 Å². The number of Topliss-reactive ketones (excluding diaryl/α,β-unsaturated/α-hetero) is 1. The Balaban J connectivity index is 2.41. The molecule has 2 aromatic rings. The third kappa shape index (κ3) is 4.85. The quantitative estimate of drug-likeness (QED) is 0.414. The number of nitrogens with one attached hydrogen (secondary N) is 2. The maximum absolute atomic E-state index is 13.2. The first-order valence-electron chi connectivity index (χ1n) is 9.60. The summed E-state index contributed by atoms with van der Waals surface area (Å²) in [7, 11) is 1.52. The molecule has 2 rings (SSSR count). The van der Waals surface area contributed by atoms with Crippen molar-refractivity contribution in [1.82, 2.24) is 9.88 Å². The Hall–Kier alpha value is -3.54. The second-order valence-corrected chi connectivity index (χ2v) is 8.03. The summed E-state index contributed by atoms with van der Waals surface area (Å²) in [6.07, 6.45) is 0.770.